The highest BCUT2D eigenvalue weighted by molar-refractivity contribution is 9.10. The third-order valence-electron chi connectivity index (χ3n) is 2.56. The predicted octanol–water partition coefficient (Wildman–Crippen LogP) is 3.05. The van der Waals surface area contributed by atoms with Crippen molar-refractivity contribution in [1.82, 2.24) is 4.72 Å². The Morgan fingerprint density at radius 3 is 3.00 bits per heavy atom. The first-order valence-electron chi connectivity index (χ1n) is 4.04. The van der Waals surface area contributed by atoms with Crippen LogP contribution in [0.2, 0.25) is 0 Å². The molecule has 0 amide bonds. The van der Waals surface area contributed by atoms with Gasteiger partial charge < -0.3 is 0 Å². The van der Waals surface area contributed by atoms with Gasteiger partial charge in [-0.1, -0.05) is 15.9 Å². The largest absolute Gasteiger partial charge is 0.249 e. The topological polar surface area (TPSA) is 12.0 Å². The first-order valence-corrected chi connectivity index (χ1v) is 5.65. The normalized spacial score (nSPS) is 22.8. The summed E-state index contributed by atoms with van der Waals surface area (Å²) < 4.78 is 4.69. The van der Waals surface area contributed by atoms with Crippen LogP contribution in [0.4, 0.5) is 0 Å². The lowest BCUT2D eigenvalue weighted by Crippen LogP contribution is -2.15. The molecule has 3 rings (SSSR count). The van der Waals surface area contributed by atoms with E-state index in [0.29, 0.717) is 5.54 Å². The molecule has 62 valence electrons. The summed E-state index contributed by atoms with van der Waals surface area (Å²) >= 11 is 5.28. The number of nitrogens with one attached hydrogen (secondary N) is 1. The van der Waals surface area contributed by atoms with Gasteiger partial charge in [-0.25, -0.2) is 4.72 Å². The lowest BCUT2D eigenvalue weighted by Gasteiger charge is -2.06. The van der Waals surface area contributed by atoms with Crippen LogP contribution in [0.15, 0.2) is 27.6 Å². The van der Waals surface area contributed by atoms with E-state index >= 15 is 0 Å². The molecule has 1 nitrogen and oxygen atoms in total. The molecule has 1 spiro atoms. The fraction of sp³-hybridized carbons (Fsp3) is 0.333. The molecule has 1 saturated carbocycles. The Hall–Kier alpha value is 0.01000. The number of halogens is 1. The molecule has 3 heteroatoms. The van der Waals surface area contributed by atoms with Crippen molar-refractivity contribution in [1.29, 1.82) is 0 Å². The molecular formula is C9H8BrNS. The van der Waals surface area contributed by atoms with Gasteiger partial charge in [0.05, 0.1) is 5.54 Å². The first kappa shape index (κ1) is 7.42. The van der Waals surface area contributed by atoms with Gasteiger partial charge >= 0.3 is 0 Å². The van der Waals surface area contributed by atoms with E-state index in [-0.39, 0.29) is 0 Å². The van der Waals surface area contributed by atoms with Crippen LogP contribution in [0.3, 0.4) is 0 Å². The van der Waals surface area contributed by atoms with Crippen molar-refractivity contribution in [2.45, 2.75) is 23.3 Å². The molecule has 0 unspecified atom stereocenters. The summed E-state index contributed by atoms with van der Waals surface area (Å²) in [6.07, 6.45) is 2.59. The van der Waals surface area contributed by atoms with Crippen molar-refractivity contribution in [3.63, 3.8) is 0 Å². The summed E-state index contributed by atoms with van der Waals surface area (Å²) in [6.45, 7) is 0. The maximum atomic E-state index is 3.51. The first-order chi connectivity index (χ1) is 5.80. The van der Waals surface area contributed by atoms with Crippen molar-refractivity contribution in [3.05, 3.63) is 28.2 Å². The van der Waals surface area contributed by atoms with Gasteiger partial charge in [-0.05, 0) is 48.6 Å². The Bertz CT molecular complexity index is 346. The quantitative estimate of drug-likeness (QED) is 0.702. The molecule has 1 aromatic rings. The summed E-state index contributed by atoms with van der Waals surface area (Å²) in [5.74, 6) is 0. The van der Waals surface area contributed by atoms with E-state index in [9.17, 15) is 0 Å². The molecule has 1 aliphatic heterocycles. The number of hydrogen-bond donors (Lipinski definition) is 1. The summed E-state index contributed by atoms with van der Waals surface area (Å²) in [5.41, 5.74) is 1.84. The molecule has 1 heterocycles. The molecule has 1 fully saturated rings. The second kappa shape index (κ2) is 2.28. The molecule has 1 N–H and O–H groups in total. The second-order valence-electron chi connectivity index (χ2n) is 3.43. The van der Waals surface area contributed by atoms with Gasteiger partial charge in [0.2, 0.25) is 0 Å². The van der Waals surface area contributed by atoms with Crippen LogP contribution in [0.25, 0.3) is 0 Å². The van der Waals surface area contributed by atoms with Crippen molar-refractivity contribution in [2.24, 2.45) is 0 Å². The van der Waals surface area contributed by atoms with Gasteiger partial charge in [-0.15, -0.1) is 0 Å². The van der Waals surface area contributed by atoms with Crippen LogP contribution in [0.1, 0.15) is 18.4 Å². The highest BCUT2D eigenvalue weighted by Crippen LogP contribution is 2.55. The lowest BCUT2D eigenvalue weighted by molar-refractivity contribution is 0.689. The standard InChI is InChI=1S/C9H8BrNS/c10-6-1-2-8-7(5-6)9(3-4-9)11-12-8/h1-2,5,11H,3-4H2. The van der Waals surface area contributed by atoms with Gasteiger partial charge in [0, 0.05) is 9.37 Å². The highest BCUT2D eigenvalue weighted by Gasteiger charge is 2.49. The zero-order valence-electron chi connectivity index (χ0n) is 6.43. The van der Waals surface area contributed by atoms with Gasteiger partial charge in [0.15, 0.2) is 0 Å². The van der Waals surface area contributed by atoms with Crippen LogP contribution in [0, 0.1) is 0 Å². The van der Waals surface area contributed by atoms with Crippen LogP contribution in [-0.4, -0.2) is 0 Å². The van der Waals surface area contributed by atoms with Crippen LogP contribution in [-0.2, 0) is 5.54 Å². The zero-order chi connectivity index (χ0) is 8.18. The molecule has 1 aromatic carbocycles. The lowest BCUT2D eigenvalue weighted by atomic mass is 10.1. The molecule has 0 aromatic heterocycles. The van der Waals surface area contributed by atoms with Gasteiger partial charge in [0.1, 0.15) is 0 Å². The van der Waals surface area contributed by atoms with Gasteiger partial charge in [-0.2, -0.15) is 0 Å². The van der Waals surface area contributed by atoms with E-state index in [1.165, 1.54) is 27.8 Å². The van der Waals surface area contributed by atoms with Crippen molar-refractivity contribution >= 4 is 27.9 Å². The SMILES string of the molecule is Brc1ccc2c(c1)C1(CC1)NS2. The number of benzene rings is 1. The Morgan fingerprint density at radius 2 is 2.25 bits per heavy atom. The summed E-state index contributed by atoms with van der Waals surface area (Å²) in [6, 6.07) is 6.54. The minimum Gasteiger partial charge on any atom is -0.249 e. The second-order valence-corrected chi connectivity index (χ2v) is 5.19. The average Bonchev–Trinajstić information content (AvgIpc) is 2.74. The number of hydrogen-bond acceptors (Lipinski definition) is 2. The molecule has 0 saturated heterocycles. The van der Waals surface area contributed by atoms with Crippen molar-refractivity contribution in [3.8, 4) is 0 Å². The Kier molecular flexibility index (Phi) is 1.41. The van der Waals surface area contributed by atoms with E-state index in [1.54, 1.807) is 11.9 Å². The number of rotatable bonds is 0. The van der Waals surface area contributed by atoms with E-state index in [2.05, 4.69) is 38.9 Å². The molecule has 0 radical (unpaired) electrons. The zero-order valence-corrected chi connectivity index (χ0v) is 8.83. The summed E-state index contributed by atoms with van der Waals surface area (Å²) in [4.78, 5) is 1.40. The molecule has 1 aliphatic carbocycles. The Morgan fingerprint density at radius 1 is 1.42 bits per heavy atom. The predicted molar refractivity (Wildman–Crippen MR) is 54.0 cm³/mol. The minimum atomic E-state index is 0.351. The summed E-state index contributed by atoms with van der Waals surface area (Å²) in [7, 11) is 0. The van der Waals surface area contributed by atoms with E-state index in [0.717, 1.165) is 0 Å². The smallest absolute Gasteiger partial charge is 0.0548 e. The fourth-order valence-electron chi connectivity index (χ4n) is 1.67. The van der Waals surface area contributed by atoms with E-state index in [1.807, 2.05) is 0 Å². The minimum absolute atomic E-state index is 0.351. The van der Waals surface area contributed by atoms with Gasteiger partial charge in [0.25, 0.3) is 0 Å². The molecule has 12 heavy (non-hydrogen) atoms. The average molecular weight is 242 g/mol. The third-order valence-corrected chi connectivity index (χ3v) is 4.13. The monoisotopic (exact) mass is 241 g/mol. The van der Waals surface area contributed by atoms with Crippen LogP contribution < -0.4 is 4.72 Å². The molecular weight excluding hydrogens is 234 g/mol. The number of fused-ring (bicyclic) bond motifs is 2. The van der Waals surface area contributed by atoms with Gasteiger partial charge in [-0.3, -0.25) is 0 Å². The van der Waals surface area contributed by atoms with Crippen LogP contribution in [0.5, 0.6) is 0 Å². The van der Waals surface area contributed by atoms with Crippen molar-refractivity contribution in [2.75, 3.05) is 0 Å². The third kappa shape index (κ3) is 0.902. The Balaban J connectivity index is 2.20. The molecule has 0 bridgehead atoms. The molecule has 0 atom stereocenters. The fourth-order valence-corrected chi connectivity index (χ4v) is 3.15. The highest BCUT2D eigenvalue weighted by atomic mass is 79.9. The van der Waals surface area contributed by atoms with Crippen molar-refractivity contribution < 1.29 is 0 Å². The van der Waals surface area contributed by atoms with Crippen LogP contribution >= 0.6 is 27.9 Å². The maximum Gasteiger partial charge on any atom is 0.0548 e. The van der Waals surface area contributed by atoms with E-state index < -0.39 is 0 Å². The molecule has 2 aliphatic rings. The summed E-state index contributed by atoms with van der Waals surface area (Å²) in [5, 5.41) is 0. The Labute approximate surface area is 84.2 Å². The van der Waals surface area contributed by atoms with E-state index in [4.69, 9.17) is 0 Å². The maximum absolute atomic E-state index is 3.51.